The van der Waals surface area contributed by atoms with Crippen LogP contribution in [-0.2, 0) is 14.0 Å². The number of hydrogen-bond donors (Lipinski definition) is 1. The van der Waals surface area contributed by atoms with E-state index < -0.39 is 8.32 Å². The van der Waals surface area contributed by atoms with E-state index in [1.165, 1.54) is 0 Å². The predicted molar refractivity (Wildman–Crippen MR) is 78.5 cm³/mol. The summed E-state index contributed by atoms with van der Waals surface area (Å²) >= 11 is 0. The Hall–Kier alpha value is -0.683. The summed E-state index contributed by atoms with van der Waals surface area (Å²) in [6, 6.07) is 0.0949. The fourth-order valence-electron chi connectivity index (χ4n) is 2.21. The Bertz CT molecular complexity index is 349. The molecule has 1 heterocycles. The number of β-lactam (4-membered cyclic amide) rings is 1. The largest absolute Gasteiger partial charge is 0.413 e. The lowest BCUT2D eigenvalue weighted by Gasteiger charge is -2.45. The third-order valence-electron chi connectivity index (χ3n) is 4.45. The average molecular weight is 285 g/mol. The summed E-state index contributed by atoms with van der Waals surface area (Å²) in [4.78, 5) is 22.1. The van der Waals surface area contributed by atoms with Gasteiger partial charge < -0.3 is 14.5 Å². The van der Waals surface area contributed by atoms with Crippen LogP contribution in [0.1, 0.15) is 40.5 Å². The standard InChI is InChI=1S/C14H27NO3Si/c1-10(18-19(5,6)14(2,3)4)12-11(8-7-9-16)15-13(12)17/h9-12H,7-8H2,1-6H3,(H,15,17)/t10-,11-,12-/m1/s1. The van der Waals surface area contributed by atoms with Crippen LogP contribution in [-0.4, -0.2) is 32.7 Å². The molecule has 0 radical (unpaired) electrons. The average Bonchev–Trinajstić information content (AvgIpc) is 2.20. The number of carbonyl (C=O) groups is 2. The van der Waals surface area contributed by atoms with E-state index in [1.54, 1.807) is 0 Å². The van der Waals surface area contributed by atoms with E-state index in [0.29, 0.717) is 12.8 Å². The van der Waals surface area contributed by atoms with Crippen LogP contribution >= 0.6 is 0 Å². The van der Waals surface area contributed by atoms with Crippen molar-refractivity contribution < 1.29 is 14.0 Å². The summed E-state index contributed by atoms with van der Waals surface area (Å²) in [5.74, 6) is -0.0452. The third kappa shape index (κ3) is 3.66. The summed E-state index contributed by atoms with van der Waals surface area (Å²) in [6.07, 6.45) is 2.03. The van der Waals surface area contributed by atoms with Crippen molar-refractivity contribution in [2.24, 2.45) is 5.92 Å². The quantitative estimate of drug-likeness (QED) is 0.463. The van der Waals surface area contributed by atoms with Crippen LogP contribution in [0.2, 0.25) is 18.1 Å². The van der Waals surface area contributed by atoms with Crippen LogP contribution in [0.4, 0.5) is 0 Å². The first-order valence-electron chi connectivity index (χ1n) is 7.02. The van der Waals surface area contributed by atoms with Crippen molar-refractivity contribution in [1.82, 2.24) is 5.32 Å². The molecule has 1 rings (SSSR count). The molecule has 0 aromatic carbocycles. The normalized spacial score (nSPS) is 25.5. The van der Waals surface area contributed by atoms with Gasteiger partial charge in [0.15, 0.2) is 8.32 Å². The monoisotopic (exact) mass is 285 g/mol. The van der Waals surface area contributed by atoms with E-state index in [9.17, 15) is 9.59 Å². The van der Waals surface area contributed by atoms with Crippen molar-refractivity contribution in [3.63, 3.8) is 0 Å². The molecule has 1 aliphatic heterocycles. The zero-order chi connectivity index (χ0) is 14.8. The Morgan fingerprint density at radius 1 is 1.42 bits per heavy atom. The minimum atomic E-state index is -1.85. The van der Waals surface area contributed by atoms with E-state index in [1.807, 2.05) is 6.92 Å². The Labute approximate surface area is 117 Å². The minimum Gasteiger partial charge on any atom is -0.413 e. The van der Waals surface area contributed by atoms with Crippen LogP contribution in [0.15, 0.2) is 0 Å². The Kier molecular flexibility index (Phi) is 4.95. The van der Waals surface area contributed by atoms with Crippen molar-refractivity contribution in [3.05, 3.63) is 0 Å². The second-order valence-corrected chi connectivity index (χ2v) is 11.7. The number of aldehydes is 1. The summed E-state index contributed by atoms with van der Waals surface area (Å²) in [6.45, 7) is 12.9. The highest BCUT2D eigenvalue weighted by molar-refractivity contribution is 6.74. The van der Waals surface area contributed by atoms with Gasteiger partial charge in [0.1, 0.15) is 6.29 Å². The van der Waals surface area contributed by atoms with Gasteiger partial charge in [-0.15, -0.1) is 0 Å². The topological polar surface area (TPSA) is 55.4 Å². The first-order chi connectivity index (χ1) is 8.60. The molecule has 1 amide bonds. The number of rotatable bonds is 6. The Morgan fingerprint density at radius 3 is 2.42 bits per heavy atom. The smallest absolute Gasteiger partial charge is 0.228 e. The van der Waals surface area contributed by atoms with Crippen molar-refractivity contribution in [2.75, 3.05) is 0 Å². The summed E-state index contributed by atoms with van der Waals surface area (Å²) in [5.41, 5.74) is 0. The molecule has 110 valence electrons. The van der Waals surface area contributed by atoms with Crippen LogP contribution in [0, 0.1) is 5.92 Å². The van der Waals surface area contributed by atoms with E-state index in [0.717, 1.165) is 6.29 Å². The van der Waals surface area contributed by atoms with Crippen molar-refractivity contribution in [3.8, 4) is 0 Å². The SMILES string of the molecule is C[C@@H](O[Si](C)(C)C(C)(C)C)[C@H]1C(=O)N[C@@H]1CCC=O. The lowest BCUT2D eigenvalue weighted by molar-refractivity contribution is -0.140. The van der Waals surface area contributed by atoms with Crippen LogP contribution < -0.4 is 5.32 Å². The van der Waals surface area contributed by atoms with Gasteiger partial charge in [-0.05, 0) is 31.5 Å². The van der Waals surface area contributed by atoms with Gasteiger partial charge in [0.2, 0.25) is 5.91 Å². The van der Waals surface area contributed by atoms with Gasteiger partial charge in [-0.3, -0.25) is 4.79 Å². The number of hydrogen-bond acceptors (Lipinski definition) is 3. The van der Waals surface area contributed by atoms with E-state index in [2.05, 4.69) is 39.2 Å². The fraction of sp³-hybridized carbons (Fsp3) is 0.857. The predicted octanol–water partition coefficient (Wildman–Crippen LogP) is 2.49. The molecule has 3 atom stereocenters. The summed E-state index contributed by atoms with van der Waals surface area (Å²) < 4.78 is 6.28. The van der Waals surface area contributed by atoms with Gasteiger partial charge in [0, 0.05) is 12.5 Å². The molecule has 0 unspecified atom stereocenters. The molecule has 1 N–H and O–H groups in total. The van der Waals surface area contributed by atoms with Gasteiger partial charge >= 0.3 is 0 Å². The molecule has 19 heavy (non-hydrogen) atoms. The molecule has 4 nitrogen and oxygen atoms in total. The Balaban J connectivity index is 2.64. The van der Waals surface area contributed by atoms with Crippen molar-refractivity contribution >= 4 is 20.5 Å². The number of nitrogens with one attached hydrogen (secondary N) is 1. The van der Waals surface area contributed by atoms with E-state index >= 15 is 0 Å². The maximum atomic E-state index is 11.7. The lowest BCUT2D eigenvalue weighted by Crippen LogP contribution is -2.63. The Morgan fingerprint density at radius 2 is 2.00 bits per heavy atom. The van der Waals surface area contributed by atoms with Gasteiger partial charge in [0.05, 0.1) is 12.0 Å². The summed E-state index contributed by atoms with van der Waals surface area (Å²) in [7, 11) is -1.85. The van der Waals surface area contributed by atoms with E-state index in [-0.39, 0.29) is 29.0 Å². The first kappa shape index (κ1) is 16.4. The number of carbonyl (C=O) groups excluding carboxylic acids is 2. The van der Waals surface area contributed by atoms with Gasteiger partial charge in [-0.1, -0.05) is 20.8 Å². The third-order valence-corrected chi connectivity index (χ3v) is 9.03. The first-order valence-corrected chi connectivity index (χ1v) is 9.93. The molecule has 0 aliphatic carbocycles. The molecule has 1 fully saturated rings. The molecular weight excluding hydrogens is 258 g/mol. The molecule has 1 saturated heterocycles. The maximum absolute atomic E-state index is 11.7. The summed E-state index contributed by atoms with van der Waals surface area (Å²) in [5, 5.41) is 3.01. The second kappa shape index (κ2) is 5.75. The highest BCUT2D eigenvalue weighted by atomic mass is 28.4. The molecule has 0 saturated carbocycles. The van der Waals surface area contributed by atoms with Crippen molar-refractivity contribution in [1.29, 1.82) is 0 Å². The van der Waals surface area contributed by atoms with Crippen LogP contribution in [0.25, 0.3) is 0 Å². The zero-order valence-corrected chi connectivity index (χ0v) is 13.9. The fourth-order valence-corrected chi connectivity index (χ4v) is 3.64. The van der Waals surface area contributed by atoms with E-state index in [4.69, 9.17) is 4.43 Å². The molecule has 1 aliphatic rings. The molecular formula is C14H27NO3Si. The van der Waals surface area contributed by atoms with Crippen LogP contribution in [0.3, 0.4) is 0 Å². The van der Waals surface area contributed by atoms with Crippen molar-refractivity contribution in [2.45, 2.75) is 70.8 Å². The molecule has 0 bridgehead atoms. The van der Waals surface area contributed by atoms with Gasteiger partial charge in [-0.25, -0.2) is 0 Å². The molecule has 0 aromatic rings. The molecule has 0 aromatic heterocycles. The van der Waals surface area contributed by atoms with Gasteiger partial charge in [0.25, 0.3) is 0 Å². The molecule has 0 spiro atoms. The highest BCUT2D eigenvalue weighted by Gasteiger charge is 2.46. The van der Waals surface area contributed by atoms with Crippen LogP contribution in [0.5, 0.6) is 0 Å². The lowest BCUT2D eigenvalue weighted by atomic mass is 9.83. The zero-order valence-electron chi connectivity index (χ0n) is 12.9. The minimum absolute atomic E-state index is 0.0575. The number of amides is 1. The molecule has 5 heteroatoms. The van der Waals surface area contributed by atoms with Gasteiger partial charge in [-0.2, -0.15) is 0 Å². The highest BCUT2D eigenvalue weighted by Crippen LogP contribution is 2.39. The maximum Gasteiger partial charge on any atom is 0.228 e. The second-order valence-electron chi connectivity index (χ2n) is 6.97.